The van der Waals surface area contributed by atoms with Crippen LogP contribution in [0.3, 0.4) is 0 Å². The van der Waals surface area contributed by atoms with Crippen molar-refractivity contribution in [2.75, 3.05) is 13.7 Å². The average molecular weight is 370 g/mol. The quantitative estimate of drug-likeness (QED) is 0.146. The molecule has 1 aromatic carbocycles. The fourth-order valence-corrected chi connectivity index (χ4v) is 2.16. The summed E-state index contributed by atoms with van der Waals surface area (Å²) in [5.41, 5.74) is 0.896. The zero-order valence-electron chi connectivity index (χ0n) is 16.1. The van der Waals surface area contributed by atoms with Gasteiger partial charge in [-0.3, -0.25) is 9.59 Å². The topological polar surface area (TPSA) is 69.7 Å². The highest BCUT2D eigenvalue weighted by Crippen LogP contribution is 2.15. The standard InChI is InChI=1S/C22H26O5/c1-5-7-14-27-19-12-10-18(11-13-19)21(24)15-20(23)17(6-2)9-8-16(3)22(25)26-4/h6,8-13H,3,5,7,14-15H2,1-2,4H3. The molecule has 0 aliphatic carbocycles. The Bertz CT molecular complexity index is 738. The number of Topliss-reactive ketones (excluding diaryl/α,β-unsaturated/α-hetero) is 2. The Hall–Kier alpha value is -2.95. The molecule has 1 rings (SSSR count). The molecular weight excluding hydrogens is 344 g/mol. The van der Waals surface area contributed by atoms with Gasteiger partial charge in [0.15, 0.2) is 11.6 Å². The van der Waals surface area contributed by atoms with Crippen LogP contribution < -0.4 is 4.74 Å². The first-order chi connectivity index (χ1) is 12.9. The third kappa shape index (κ3) is 7.44. The van der Waals surface area contributed by atoms with Gasteiger partial charge in [-0.15, -0.1) is 0 Å². The van der Waals surface area contributed by atoms with Crippen LogP contribution in [0.25, 0.3) is 0 Å². The van der Waals surface area contributed by atoms with E-state index in [1.165, 1.54) is 19.3 Å². The number of benzene rings is 1. The van der Waals surface area contributed by atoms with E-state index in [0.717, 1.165) is 12.8 Å². The van der Waals surface area contributed by atoms with E-state index in [0.29, 0.717) is 23.5 Å². The van der Waals surface area contributed by atoms with Gasteiger partial charge in [-0.1, -0.05) is 32.1 Å². The molecule has 0 N–H and O–H groups in total. The summed E-state index contributed by atoms with van der Waals surface area (Å²) in [4.78, 5) is 36.0. The minimum atomic E-state index is -0.577. The number of hydrogen-bond acceptors (Lipinski definition) is 5. The van der Waals surface area contributed by atoms with E-state index in [9.17, 15) is 14.4 Å². The SMILES string of the molecule is C=C(C=CC(=CC)C(=O)CC(=O)c1ccc(OCCCC)cc1)C(=O)OC. The molecule has 0 atom stereocenters. The average Bonchev–Trinajstić information content (AvgIpc) is 2.68. The number of hydrogen-bond donors (Lipinski definition) is 0. The van der Waals surface area contributed by atoms with E-state index < -0.39 is 5.97 Å². The van der Waals surface area contributed by atoms with E-state index in [2.05, 4.69) is 18.2 Å². The van der Waals surface area contributed by atoms with Crippen molar-refractivity contribution >= 4 is 17.5 Å². The number of carbonyl (C=O) groups excluding carboxylic acids is 3. The van der Waals surface area contributed by atoms with Gasteiger partial charge in [0, 0.05) is 11.1 Å². The van der Waals surface area contributed by atoms with E-state index in [1.807, 2.05) is 0 Å². The molecule has 0 saturated carbocycles. The van der Waals surface area contributed by atoms with Crippen molar-refractivity contribution in [1.82, 2.24) is 0 Å². The molecular formula is C22H26O5. The number of rotatable bonds is 11. The number of methoxy groups -OCH3 is 1. The molecule has 144 valence electrons. The second-order valence-corrected chi connectivity index (χ2v) is 5.84. The van der Waals surface area contributed by atoms with Crippen molar-refractivity contribution in [3.8, 4) is 5.75 Å². The van der Waals surface area contributed by atoms with Gasteiger partial charge < -0.3 is 9.47 Å². The molecule has 0 saturated heterocycles. The summed E-state index contributed by atoms with van der Waals surface area (Å²) in [6.07, 6.45) is 6.20. The lowest BCUT2D eigenvalue weighted by atomic mass is 10.0. The summed E-state index contributed by atoms with van der Waals surface area (Å²) in [5.74, 6) is -0.490. The number of carbonyl (C=O) groups is 3. The van der Waals surface area contributed by atoms with Crippen molar-refractivity contribution in [2.45, 2.75) is 33.1 Å². The smallest absolute Gasteiger partial charge is 0.337 e. The summed E-state index contributed by atoms with van der Waals surface area (Å²) in [7, 11) is 1.25. The second kappa shape index (κ2) is 11.6. The number of unbranched alkanes of at least 4 members (excludes halogenated alkanes) is 1. The summed E-state index contributed by atoms with van der Waals surface area (Å²) in [5, 5.41) is 0. The summed E-state index contributed by atoms with van der Waals surface area (Å²) in [6.45, 7) is 7.96. The molecule has 0 radical (unpaired) electrons. The molecule has 0 spiro atoms. The Morgan fingerprint density at radius 3 is 2.33 bits per heavy atom. The van der Waals surface area contributed by atoms with Gasteiger partial charge in [-0.2, -0.15) is 0 Å². The minimum Gasteiger partial charge on any atom is -0.494 e. The maximum atomic E-state index is 12.3. The Balaban J connectivity index is 2.69. The minimum absolute atomic E-state index is 0.120. The van der Waals surface area contributed by atoms with Gasteiger partial charge >= 0.3 is 5.97 Å². The Kier molecular flexibility index (Phi) is 9.51. The lowest BCUT2D eigenvalue weighted by molar-refractivity contribution is -0.135. The number of esters is 1. The summed E-state index contributed by atoms with van der Waals surface area (Å²) >= 11 is 0. The molecule has 0 aliphatic rings. The Morgan fingerprint density at radius 1 is 1.11 bits per heavy atom. The van der Waals surface area contributed by atoms with E-state index in [1.54, 1.807) is 37.3 Å². The van der Waals surface area contributed by atoms with Crippen molar-refractivity contribution < 1.29 is 23.9 Å². The van der Waals surface area contributed by atoms with Crippen molar-refractivity contribution in [2.24, 2.45) is 0 Å². The highest BCUT2D eigenvalue weighted by Gasteiger charge is 2.14. The lowest BCUT2D eigenvalue weighted by Crippen LogP contribution is -2.10. The normalized spacial score (nSPS) is 11.3. The van der Waals surface area contributed by atoms with Crippen molar-refractivity contribution in [1.29, 1.82) is 0 Å². The molecule has 0 bridgehead atoms. The molecule has 5 nitrogen and oxygen atoms in total. The van der Waals surface area contributed by atoms with Gasteiger partial charge in [0.1, 0.15) is 5.75 Å². The van der Waals surface area contributed by atoms with E-state index in [4.69, 9.17) is 4.74 Å². The van der Waals surface area contributed by atoms with Crippen LogP contribution in [0.5, 0.6) is 5.75 Å². The first-order valence-corrected chi connectivity index (χ1v) is 8.83. The lowest BCUT2D eigenvalue weighted by Gasteiger charge is -2.06. The van der Waals surface area contributed by atoms with Crippen LogP contribution in [0.4, 0.5) is 0 Å². The third-order valence-corrected chi connectivity index (χ3v) is 3.81. The number of ketones is 2. The van der Waals surface area contributed by atoms with Crippen LogP contribution in [0, 0.1) is 0 Å². The highest BCUT2D eigenvalue weighted by atomic mass is 16.5. The number of allylic oxidation sites excluding steroid dienone is 3. The van der Waals surface area contributed by atoms with Gasteiger partial charge in [-0.05, 0) is 43.7 Å². The zero-order valence-corrected chi connectivity index (χ0v) is 16.1. The van der Waals surface area contributed by atoms with Gasteiger partial charge in [0.05, 0.1) is 25.7 Å². The fraction of sp³-hybridized carbons (Fsp3) is 0.318. The molecule has 0 amide bonds. The van der Waals surface area contributed by atoms with Gasteiger partial charge in [-0.25, -0.2) is 4.79 Å². The van der Waals surface area contributed by atoms with E-state index >= 15 is 0 Å². The van der Waals surface area contributed by atoms with E-state index in [-0.39, 0.29) is 23.6 Å². The molecule has 0 unspecified atom stereocenters. The highest BCUT2D eigenvalue weighted by molar-refractivity contribution is 6.14. The molecule has 0 fully saturated rings. The van der Waals surface area contributed by atoms with Crippen LogP contribution in [0.2, 0.25) is 0 Å². The monoisotopic (exact) mass is 370 g/mol. The van der Waals surface area contributed by atoms with Gasteiger partial charge in [0.25, 0.3) is 0 Å². The fourth-order valence-electron chi connectivity index (χ4n) is 2.16. The Morgan fingerprint density at radius 2 is 1.78 bits per heavy atom. The largest absolute Gasteiger partial charge is 0.494 e. The predicted molar refractivity (Wildman–Crippen MR) is 105 cm³/mol. The van der Waals surface area contributed by atoms with Crippen LogP contribution in [0.1, 0.15) is 43.5 Å². The second-order valence-electron chi connectivity index (χ2n) is 5.84. The predicted octanol–water partition coefficient (Wildman–Crippen LogP) is 4.24. The first-order valence-electron chi connectivity index (χ1n) is 8.83. The maximum Gasteiger partial charge on any atom is 0.337 e. The number of ether oxygens (including phenoxy) is 2. The molecule has 0 aliphatic heterocycles. The first kappa shape index (κ1) is 22.1. The van der Waals surface area contributed by atoms with Crippen LogP contribution in [0.15, 0.2) is 60.2 Å². The van der Waals surface area contributed by atoms with Crippen LogP contribution >= 0.6 is 0 Å². The molecule has 5 heteroatoms. The summed E-state index contributed by atoms with van der Waals surface area (Å²) < 4.78 is 10.1. The Labute approximate surface area is 160 Å². The van der Waals surface area contributed by atoms with Crippen molar-refractivity contribution in [3.63, 3.8) is 0 Å². The third-order valence-electron chi connectivity index (χ3n) is 3.81. The molecule has 1 aromatic rings. The van der Waals surface area contributed by atoms with Gasteiger partial charge in [0.2, 0.25) is 0 Å². The zero-order chi connectivity index (χ0) is 20.2. The molecule has 0 aromatic heterocycles. The summed E-state index contributed by atoms with van der Waals surface area (Å²) in [6, 6.07) is 6.76. The maximum absolute atomic E-state index is 12.3. The van der Waals surface area contributed by atoms with Crippen LogP contribution in [-0.4, -0.2) is 31.3 Å². The molecule has 27 heavy (non-hydrogen) atoms. The molecule has 0 heterocycles. The van der Waals surface area contributed by atoms with Crippen LogP contribution in [-0.2, 0) is 14.3 Å². The van der Waals surface area contributed by atoms with Crippen molar-refractivity contribution in [3.05, 3.63) is 65.8 Å².